The Bertz CT molecular complexity index is 463. The van der Waals surface area contributed by atoms with Gasteiger partial charge in [-0.1, -0.05) is 0 Å². The lowest BCUT2D eigenvalue weighted by Crippen LogP contribution is -2.45. The number of nitrogens with zero attached hydrogens (tertiary/aromatic N) is 1. The second-order valence-electron chi connectivity index (χ2n) is 5.02. The molecule has 0 unspecified atom stereocenters. The SMILES string of the molecule is CC(=O)c1c[nH]c(C(=O)N(CCCO)C2CCC2)c1. The van der Waals surface area contributed by atoms with E-state index in [9.17, 15) is 9.59 Å². The van der Waals surface area contributed by atoms with Gasteiger partial charge in [0.2, 0.25) is 0 Å². The van der Waals surface area contributed by atoms with Crippen molar-refractivity contribution in [1.82, 2.24) is 9.88 Å². The third-order valence-electron chi connectivity index (χ3n) is 3.65. The highest BCUT2D eigenvalue weighted by Gasteiger charge is 2.29. The summed E-state index contributed by atoms with van der Waals surface area (Å²) < 4.78 is 0. The maximum atomic E-state index is 12.4. The van der Waals surface area contributed by atoms with E-state index in [2.05, 4.69) is 4.98 Å². The van der Waals surface area contributed by atoms with Gasteiger partial charge in [0.05, 0.1) is 0 Å². The van der Waals surface area contributed by atoms with Crippen molar-refractivity contribution in [3.63, 3.8) is 0 Å². The topological polar surface area (TPSA) is 73.4 Å². The summed E-state index contributed by atoms with van der Waals surface area (Å²) in [5, 5.41) is 8.93. The fourth-order valence-corrected chi connectivity index (χ4v) is 2.27. The van der Waals surface area contributed by atoms with Crippen molar-refractivity contribution in [2.24, 2.45) is 0 Å². The minimum atomic E-state index is -0.0781. The number of nitrogens with one attached hydrogen (secondary N) is 1. The Morgan fingerprint density at radius 1 is 1.47 bits per heavy atom. The average Bonchev–Trinajstić information content (AvgIpc) is 2.80. The summed E-state index contributed by atoms with van der Waals surface area (Å²) in [6, 6.07) is 1.89. The zero-order valence-corrected chi connectivity index (χ0v) is 11.2. The molecule has 0 spiro atoms. The number of carbonyl (C=O) groups is 2. The van der Waals surface area contributed by atoms with Crippen LogP contribution in [-0.4, -0.2) is 45.9 Å². The summed E-state index contributed by atoms with van der Waals surface area (Å²) in [5.41, 5.74) is 0.981. The molecule has 1 aliphatic carbocycles. The molecule has 0 aromatic carbocycles. The van der Waals surface area contributed by atoms with Gasteiger partial charge in [0.25, 0.3) is 5.91 Å². The van der Waals surface area contributed by atoms with E-state index in [1.165, 1.54) is 6.92 Å². The largest absolute Gasteiger partial charge is 0.396 e. The number of aromatic amines is 1. The van der Waals surface area contributed by atoms with Gasteiger partial charge >= 0.3 is 0 Å². The smallest absolute Gasteiger partial charge is 0.270 e. The normalized spacial score (nSPS) is 15.1. The molecule has 0 atom stereocenters. The van der Waals surface area contributed by atoms with E-state index in [1.54, 1.807) is 12.3 Å². The molecular weight excluding hydrogens is 244 g/mol. The standard InChI is InChI=1S/C14H20N2O3/c1-10(18)11-8-13(15-9-11)14(19)16(6-3-7-17)12-4-2-5-12/h8-9,12,15,17H,2-7H2,1H3. The highest BCUT2D eigenvalue weighted by molar-refractivity contribution is 5.99. The molecule has 1 saturated carbocycles. The van der Waals surface area contributed by atoms with Gasteiger partial charge in [-0.3, -0.25) is 9.59 Å². The molecule has 19 heavy (non-hydrogen) atoms. The maximum absolute atomic E-state index is 12.4. The van der Waals surface area contributed by atoms with Crippen molar-refractivity contribution in [2.75, 3.05) is 13.2 Å². The molecule has 0 aliphatic heterocycles. The maximum Gasteiger partial charge on any atom is 0.270 e. The third kappa shape index (κ3) is 3.04. The number of ketones is 1. The van der Waals surface area contributed by atoms with Crippen molar-refractivity contribution in [3.8, 4) is 0 Å². The van der Waals surface area contributed by atoms with Gasteiger partial charge in [-0.15, -0.1) is 0 Å². The van der Waals surface area contributed by atoms with E-state index in [0.717, 1.165) is 19.3 Å². The summed E-state index contributed by atoms with van der Waals surface area (Å²) in [6.07, 6.45) is 5.36. The summed E-state index contributed by atoms with van der Waals surface area (Å²) in [5.74, 6) is -0.133. The number of amides is 1. The number of rotatable bonds is 6. The number of carbonyl (C=O) groups excluding carboxylic acids is 2. The molecule has 0 radical (unpaired) electrons. The molecule has 5 heteroatoms. The van der Waals surface area contributed by atoms with Crippen LogP contribution >= 0.6 is 0 Å². The molecular formula is C14H20N2O3. The van der Waals surface area contributed by atoms with Crippen LogP contribution < -0.4 is 0 Å². The molecule has 1 fully saturated rings. The Morgan fingerprint density at radius 3 is 2.68 bits per heavy atom. The van der Waals surface area contributed by atoms with Crippen LogP contribution in [-0.2, 0) is 0 Å². The highest BCUT2D eigenvalue weighted by atomic mass is 16.3. The molecule has 1 aromatic rings. The fraction of sp³-hybridized carbons (Fsp3) is 0.571. The van der Waals surface area contributed by atoms with E-state index in [1.807, 2.05) is 4.90 Å². The Kier molecular flexibility index (Phi) is 4.37. The van der Waals surface area contributed by atoms with E-state index >= 15 is 0 Å². The van der Waals surface area contributed by atoms with Crippen LogP contribution in [0.5, 0.6) is 0 Å². The van der Waals surface area contributed by atoms with Gasteiger partial charge in [0.1, 0.15) is 5.69 Å². The first-order valence-corrected chi connectivity index (χ1v) is 6.74. The fourth-order valence-electron chi connectivity index (χ4n) is 2.27. The number of Topliss-reactive ketones (excluding diaryl/α,β-unsaturated/α-hetero) is 1. The van der Waals surface area contributed by atoms with Gasteiger partial charge < -0.3 is 15.0 Å². The summed E-state index contributed by atoms with van der Waals surface area (Å²) >= 11 is 0. The first kappa shape index (κ1) is 13.8. The molecule has 2 N–H and O–H groups in total. The van der Waals surface area contributed by atoms with Crippen LogP contribution in [0.4, 0.5) is 0 Å². The molecule has 0 saturated heterocycles. The molecule has 5 nitrogen and oxygen atoms in total. The predicted octanol–water partition coefficient (Wildman–Crippen LogP) is 1.59. The number of aromatic nitrogens is 1. The molecule has 1 aromatic heterocycles. The van der Waals surface area contributed by atoms with Crippen LogP contribution in [0.25, 0.3) is 0 Å². The zero-order chi connectivity index (χ0) is 13.8. The van der Waals surface area contributed by atoms with Crippen LogP contribution in [0.15, 0.2) is 12.3 Å². The lowest BCUT2D eigenvalue weighted by Gasteiger charge is -2.37. The van der Waals surface area contributed by atoms with E-state index < -0.39 is 0 Å². The summed E-state index contributed by atoms with van der Waals surface area (Å²) in [4.78, 5) is 28.4. The van der Waals surface area contributed by atoms with Crippen molar-refractivity contribution >= 4 is 11.7 Å². The number of hydrogen-bond acceptors (Lipinski definition) is 3. The van der Waals surface area contributed by atoms with Crippen molar-refractivity contribution in [2.45, 2.75) is 38.6 Å². The second-order valence-corrected chi connectivity index (χ2v) is 5.02. The molecule has 0 bridgehead atoms. The van der Waals surface area contributed by atoms with Crippen LogP contribution in [0, 0.1) is 0 Å². The second kappa shape index (κ2) is 6.02. The first-order valence-electron chi connectivity index (χ1n) is 6.74. The molecule has 104 valence electrons. The molecule has 1 amide bonds. The Labute approximate surface area is 112 Å². The third-order valence-corrected chi connectivity index (χ3v) is 3.65. The number of aliphatic hydroxyl groups excluding tert-OH is 1. The number of hydrogen-bond donors (Lipinski definition) is 2. The van der Waals surface area contributed by atoms with Gasteiger partial charge in [0.15, 0.2) is 5.78 Å². The first-order chi connectivity index (χ1) is 9.13. The summed E-state index contributed by atoms with van der Waals surface area (Å²) in [6.45, 7) is 2.13. The van der Waals surface area contributed by atoms with E-state index in [4.69, 9.17) is 5.11 Å². The van der Waals surface area contributed by atoms with Crippen molar-refractivity contribution in [3.05, 3.63) is 23.5 Å². The lowest BCUT2D eigenvalue weighted by atomic mass is 9.91. The molecule has 1 aliphatic rings. The molecule has 2 rings (SSSR count). The number of H-pyrrole nitrogens is 1. The zero-order valence-electron chi connectivity index (χ0n) is 11.2. The minimum Gasteiger partial charge on any atom is -0.396 e. The Balaban J connectivity index is 2.10. The van der Waals surface area contributed by atoms with E-state index in [0.29, 0.717) is 24.2 Å². The number of aliphatic hydroxyl groups is 1. The van der Waals surface area contributed by atoms with Gasteiger partial charge in [-0.05, 0) is 38.7 Å². The molecule has 1 heterocycles. The monoisotopic (exact) mass is 264 g/mol. The quantitative estimate of drug-likeness (QED) is 0.766. The Hall–Kier alpha value is -1.62. The average molecular weight is 264 g/mol. The minimum absolute atomic E-state index is 0.0548. The highest BCUT2D eigenvalue weighted by Crippen LogP contribution is 2.26. The van der Waals surface area contributed by atoms with Gasteiger partial charge in [-0.25, -0.2) is 0 Å². The van der Waals surface area contributed by atoms with Crippen LogP contribution in [0.1, 0.15) is 53.5 Å². The Morgan fingerprint density at radius 2 is 2.21 bits per heavy atom. The lowest BCUT2D eigenvalue weighted by molar-refractivity contribution is 0.0557. The van der Waals surface area contributed by atoms with E-state index in [-0.39, 0.29) is 24.3 Å². The van der Waals surface area contributed by atoms with Crippen LogP contribution in [0.2, 0.25) is 0 Å². The summed E-state index contributed by atoms with van der Waals surface area (Å²) in [7, 11) is 0. The van der Waals surface area contributed by atoms with Crippen molar-refractivity contribution < 1.29 is 14.7 Å². The van der Waals surface area contributed by atoms with Gasteiger partial charge in [0, 0.05) is 31.0 Å². The van der Waals surface area contributed by atoms with Gasteiger partial charge in [-0.2, -0.15) is 0 Å². The predicted molar refractivity (Wildman–Crippen MR) is 71.2 cm³/mol. The van der Waals surface area contributed by atoms with Crippen molar-refractivity contribution in [1.29, 1.82) is 0 Å². The van der Waals surface area contributed by atoms with Crippen LogP contribution in [0.3, 0.4) is 0 Å².